The Morgan fingerprint density at radius 1 is 0.190 bits per heavy atom. The minimum absolute atomic E-state index is 0.250. The summed E-state index contributed by atoms with van der Waals surface area (Å²) in [5, 5.41) is 174. The van der Waals surface area contributed by atoms with E-state index >= 15 is 0 Å². The van der Waals surface area contributed by atoms with Crippen molar-refractivity contribution in [2.75, 3.05) is 28.2 Å². The molecule has 8 saturated heterocycles. The monoisotopic (exact) mass is 1660 g/mol. The summed E-state index contributed by atoms with van der Waals surface area (Å²) in [5.41, 5.74) is 4.12. The molecule has 0 aromatic carbocycles. The molecule has 16 rings (SSSR count). The van der Waals surface area contributed by atoms with Crippen LogP contribution >= 0.6 is 0 Å². The fourth-order valence-corrected chi connectivity index (χ4v) is 20.9. The smallest absolute Gasteiger partial charge is 0.164 e. The van der Waals surface area contributed by atoms with E-state index in [-0.39, 0.29) is 48.6 Å². The fraction of sp³-hybridized carbons (Fsp3) is 0.900. The van der Waals surface area contributed by atoms with Crippen LogP contribution in [-0.2, 0) is 75.8 Å². The Bertz CT molecular complexity index is 3190. The summed E-state index contributed by atoms with van der Waals surface area (Å²) in [6, 6.07) is -5.72. The lowest BCUT2D eigenvalue weighted by atomic mass is 9.78. The summed E-state index contributed by atoms with van der Waals surface area (Å²) in [7, 11) is 6.79. The molecule has 116 heavy (non-hydrogen) atoms. The zero-order valence-electron chi connectivity index (χ0n) is 70.9. The largest absolute Gasteiger partial charge is 0.389 e. The summed E-state index contributed by atoms with van der Waals surface area (Å²) < 4.78 is 93.2. The van der Waals surface area contributed by atoms with Crippen LogP contribution in [-0.4, -0.2) is 419 Å². The van der Waals surface area contributed by atoms with Crippen LogP contribution in [0.1, 0.15) is 138 Å². The first-order valence-corrected chi connectivity index (χ1v) is 40.7. The van der Waals surface area contributed by atoms with Gasteiger partial charge in [0.2, 0.25) is 0 Å². The van der Waals surface area contributed by atoms with E-state index < -0.39 is 241 Å². The molecule has 12 fully saturated rings. The Balaban J connectivity index is 0.000000135. The molecule has 16 N–H and O–H groups in total. The molecule has 4 saturated carbocycles. The summed E-state index contributed by atoms with van der Waals surface area (Å²) in [5.74, 6) is -7.14. The van der Waals surface area contributed by atoms with Crippen LogP contribution in [0.4, 0.5) is 0 Å². The predicted molar refractivity (Wildman–Crippen MR) is 403 cm³/mol. The van der Waals surface area contributed by atoms with E-state index in [1.165, 1.54) is 23.9 Å². The van der Waals surface area contributed by atoms with Gasteiger partial charge in [0.25, 0.3) is 0 Å². The van der Waals surface area contributed by atoms with Crippen LogP contribution in [0, 0.1) is 0 Å². The van der Waals surface area contributed by atoms with Gasteiger partial charge in [-0.2, -0.15) is 0 Å². The lowest BCUT2D eigenvalue weighted by Gasteiger charge is -2.51. The normalized spacial score (nSPS) is 50.9. The first-order chi connectivity index (χ1) is 53.3. The molecule has 664 valence electrons. The highest BCUT2D eigenvalue weighted by Crippen LogP contribution is 2.49. The van der Waals surface area contributed by atoms with E-state index in [9.17, 15) is 81.7 Å². The maximum Gasteiger partial charge on any atom is 0.164 e. The Hall–Kier alpha value is -2.48. The van der Waals surface area contributed by atoms with Gasteiger partial charge in [0.15, 0.2) is 46.3 Å². The molecule has 8 aliphatic carbocycles. The summed E-state index contributed by atoms with van der Waals surface area (Å²) in [6.07, 6.45) is -21.7. The van der Waals surface area contributed by atoms with Crippen molar-refractivity contribution in [3.63, 3.8) is 0 Å². The van der Waals surface area contributed by atoms with Gasteiger partial charge in [-0.1, -0.05) is 24.3 Å². The number of hydrogen-bond acceptors (Lipinski definition) is 36. The number of nitrogens with zero attached hydrogens (tertiary/aromatic N) is 4. The number of rotatable bonds is 8. The van der Waals surface area contributed by atoms with Crippen molar-refractivity contribution in [2.24, 2.45) is 0 Å². The highest BCUT2D eigenvalue weighted by Gasteiger charge is 2.67. The van der Waals surface area contributed by atoms with Gasteiger partial charge in [-0.05, 0) is 189 Å². The number of hydrogen-bond donors (Lipinski definition) is 16. The van der Waals surface area contributed by atoms with Gasteiger partial charge >= 0.3 is 0 Å². The zero-order valence-corrected chi connectivity index (χ0v) is 70.9. The number of ether oxygens (including phenoxy) is 16. The molecule has 0 unspecified atom stereocenters. The zero-order chi connectivity index (χ0) is 85.9. The molecule has 40 atom stereocenters. The predicted octanol–water partition coefficient (Wildman–Crippen LogP) is -3.55. The van der Waals surface area contributed by atoms with Crippen molar-refractivity contribution in [1.29, 1.82) is 0 Å². The van der Waals surface area contributed by atoms with Gasteiger partial charge in [0.1, 0.15) is 195 Å². The molecular formula is C80H132N4O32. The molecule has 8 heterocycles. The second-order valence-corrected chi connectivity index (χ2v) is 38.4. The Labute approximate surface area is 677 Å². The third kappa shape index (κ3) is 16.7. The van der Waals surface area contributed by atoms with Gasteiger partial charge in [0.05, 0.1) is 48.3 Å². The molecule has 16 aliphatic rings. The molecule has 0 amide bonds. The molecule has 8 aliphatic heterocycles. The molecule has 0 spiro atoms. The van der Waals surface area contributed by atoms with Crippen molar-refractivity contribution < 1.29 is 157 Å². The second kappa shape index (κ2) is 31.9. The number of likely N-dealkylation sites (N-methyl/N-ethyl adjacent to an activating group) is 4. The molecule has 0 radical (unpaired) electrons. The number of aliphatic hydroxyl groups is 16. The molecule has 0 bridgehead atoms. The van der Waals surface area contributed by atoms with Crippen LogP contribution in [0.25, 0.3) is 0 Å². The van der Waals surface area contributed by atoms with E-state index in [4.69, 9.17) is 75.8 Å². The van der Waals surface area contributed by atoms with Crippen molar-refractivity contribution in [1.82, 2.24) is 19.6 Å². The van der Waals surface area contributed by atoms with Crippen molar-refractivity contribution in [3.8, 4) is 0 Å². The Morgan fingerprint density at radius 2 is 0.328 bits per heavy atom. The Kier molecular flexibility index (Phi) is 25.1. The molecule has 36 nitrogen and oxygen atoms in total. The van der Waals surface area contributed by atoms with E-state index in [0.717, 1.165) is 22.3 Å². The van der Waals surface area contributed by atoms with Crippen molar-refractivity contribution in [3.05, 3.63) is 46.6 Å². The van der Waals surface area contributed by atoms with E-state index in [0.29, 0.717) is 0 Å². The maximum absolute atomic E-state index is 11.1. The van der Waals surface area contributed by atoms with E-state index in [1.807, 2.05) is 131 Å². The van der Waals surface area contributed by atoms with Crippen molar-refractivity contribution >= 4 is 0 Å². The average Bonchev–Trinajstić information content (AvgIpc) is 1.56. The quantitative estimate of drug-likeness (QED) is 0.105. The van der Waals surface area contributed by atoms with Gasteiger partial charge in [-0.3, -0.25) is 19.6 Å². The van der Waals surface area contributed by atoms with Crippen LogP contribution in [0.5, 0.6) is 0 Å². The maximum atomic E-state index is 11.1. The molecule has 36 heteroatoms. The SMILES string of the molecule is CC1=C[C@H](N(C)[C@H]2C=C(C)[C@H]3OC(C)(C)O[C@H]3[C@@H]2O)[C@@H](O)[C@@H]2OC(C)(C)O[C@H]12.CC1=C[C@H](N(C)[C@H]2C=C(C)[C@H]3OC(C)(C)O[C@H]3[C@@H]2O)[C@@H](O)[C@@H]2OC(C)(C)O[C@H]12.CN([C@H]1[C@H](O)[C@H](O)[C@H]2OC(C)(C)O[C@H]2[C@@H]1O)[C@H]1[C@H](O)[C@H](O)[C@H]2OC(C)(C)O[C@H]2[C@@H]1O.CN([C@H]1[C@H](O)[C@H](O)[C@H]2OC(C)(C)O[C@H]2[C@@H]1O)[C@H]1[C@H](O)[C@H](O)[C@H]2OC(C)(C)O[C@H]2[C@@H]1O. The number of fused-ring (bicyclic) bond motifs is 8. The third-order valence-corrected chi connectivity index (χ3v) is 26.1. The van der Waals surface area contributed by atoms with E-state index in [1.54, 1.807) is 55.4 Å². The summed E-state index contributed by atoms with van der Waals surface area (Å²) in [4.78, 5) is 6.73. The highest BCUT2D eigenvalue weighted by molar-refractivity contribution is 5.29. The Morgan fingerprint density at radius 3 is 0.491 bits per heavy atom. The van der Waals surface area contributed by atoms with Crippen LogP contribution in [0.15, 0.2) is 46.6 Å². The molecule has 0 aromatic heterocycles. The minimum Gasteiger partial charge on any atom is -0.389 e. The van der Waals surface area contributed by atoms with Crippen LogP contribution < -0.4 is 0 Å². The van der Waals surface area contributed by atoms with Crippen molar-refractivity contribution in [2.45, 2.75) is 428 Å². The molecular weight excluding hydrogens is 1530 g/mol. The lowest BCUT2D eigenvalue weighted by molar-refractivity contribution is -0.215. The minimum atomic E-state index is -1.46. The highest BCUT2D eigenvalue weighted by atomic mass is 16.8. The summed E-state index contributed by atoms with van der Waals surface area (Å²) in [6.45, 7) is 36.0. The first-order valence-electron chi connectivity index (χ1n) is 40.7. The third-order valence-electron chi connectivity index (χ3n) is 26.1. The van der Waals surface area contributed by atoms with Crippen LogP contribution in [0.3, 0.4) is 0 Å². The van der Waals surface area contributed by atoms with E-state index in [2.05, 4.69) is 0 Å². The second-order valence-electron chi connectivity index (χ2n) is 38.4. The summed E-state index contributed by atoms with van der Waals surface area (Å²) >= 11 is 0. The average molecular weight is 1660 g/mol. The lowest BCUT2D eigenvalue weighted by Crippen LogP contribution is -2.73. The van der Waals surface area contributed by atoms with Gasteiger partial charge < -0.3 is 157 Å². The first kappa shape index (κ1) is 91.2. The van der Waals surface area contributed by atoms with Gasteiger partial charge in [-0.25, -0.2) is 0 Å². The van der Waals surface area contributed by atoms with Gasteiger partial charge in [0, 0.05) is 0 Å². The van der Waals surface area contributed by atoms with Crippen LogP contribution in [0.2, 0.25) is 0 Å². The topological polar surface area (TPSA) is 484 Å². The molecule has 0 aromatic rings. The number of aliphatic hydroxyl groups excluding tert-OH is 16. The standard InChI is InChI=1S/2C21H33NO6.2C19H33NO10/c2*1-10-8-12(14(23)18-16(10)25-20(3,4)27-18)22(7)13-9-11(2)17-19(15(13)24)28-21(5,6)26-17;2*1-18(2)27-14-10(23)6(8(21)12(25)16(14)29-18)20(5)7-9(22)13(26)17-15(11(7)24)28-19(3,4)30-17/h2*8-9,12-19,23-24H,1-7H3;2*6-17,21-26H,1-5H3/t2*12-,13-,14+,15+,16+,17+,18-,19-;2*6-,7-,8-,9-,10+,11+,12-,13-,14-,15-,16+,17+/m0000/s1. The fourth-order valence-electron chi connectivity index (χ4n) is 20.9. The van der Waals surface area contributed by atoms with Gasteiger partial charge in [-0.15, -0.1) is 0 Å².